The van der Waals surface area contributed by atoms with Gasteiger partial charge in [-0.2, -0.15) is 0 Å². The third kappa shape index (κ3) is 2.02. The lowest BCUT2D eigenvalue weighted by molar-refractivity contribution is -0.163. The zero-order valence-corrected chi connectivity index (χ0v) is 13.6. The highest BCUT2D eigenvalue weighted by molar-refractivity contribution is 14.1. The van der Waals surface area contributed by atoms with Crippen LogP contribution in [0.2, 0.25) is 0 Å². The molecule has 2 aliphatic rings. The molecule has 2 rings (SSSR count). The molecule has 20 heavy (non-hydrogen) atoms. The van der Waals surface area contributed by atoms with E-state index in [-0.39, 0.29) is 11.8 Å². The molecular weight excluding hydrogens is 375 g/mol. The molecule has 2 unspecified atom stereocenters. The van der Waals surface area contributed by atoms with E-state index in [9.17, 15) is 14.4 Å². The van der Waals surface area contributed by atoms with Crippen molar-refractivity contribution in [3.8, 4) is 0 Å². The van der Waals surface area contributed by atoms with Crippen molar-refractivity contribution in [2.75, 3.05) is 18.1 Å². The summed E-state index contributed by atoms with van der Waals surface area (Å²) in [4.78, 5) is 37.2. The topological polar surface area (TPSA) is 66.9 Å². The summed E-state index contributed by atoms with van der Waals surface area (Å²) in [5.41, 5.74) is -1.03. The Bertz CT molecular complexity index is 479. The Morgan fingerprint density at radius 1 is 1.50 bits per heavy atom. The van der Waals surface area contributed by atoms with Gasteiger partial charge in [0.15, 0.2) is 6.04 Å². The van der Waals surface area contributed by atoms with Gasteiger partial charge in [-0.1, -0.05) is 41.7 Å². The molecule has 1 saturated heterocycles. The van der Waals surface area contributed by atoms with Crippen molar-refractivity contribution in [1.29, 1.82) is 0 Å². The monoisotopic (exact) mass is 392 g/mol. The first-order chi connectivity index (χ1) is 9.53. The van der Waals surface area contributed by atoms with Crippen LogP contribution < -0.4 is 0 Å². The van der Waals surface area contributed by atoms with Gasteiger partial charge in [0.25, 0.3) is 11.8 Å². The molecule has 6 nitrogen and oxygen atoms in total. The number of carbonyl (C=O) groups is 3. The molecule has 0 bridgehead atoms. The molecule has 0 radical (unpaired) electrons. The Morgan fingerprint density at radius 3 is 2.75 bits per heavy atom. The molecule has 0 aromatic rings. The summed E-state index contributed by atoms with van der Waals surface area (Å²) in [5.74, 6) is -1.03. The van der Waals surface area contributed by atoms with E-state index in [1.54, 1.807) is 12.2 Å². The number of halogens is 1. The van der Waals surface area contributed by atoms with E-state index in [0.717, 1.165) is 0 Å². The third-order valence-corrected chi connectivity index (χ3v) is 4.49. The molecule has 7 heteroatoms. The first-order valence-corrected chi connectivity index (χ1v) is 8.02. The maximum Gasteiger partial charge on any atom is 0.334 e. The van der Waals surface area contributed by atoms with Gasteiger partial charge >= 0.3 is 5.97 Å². The number of rotatable bonds is 4. The Balaban J connectivity index is 2.42. The number of methoxy groups -OCH3 is 1. The molecule has 0 aliphatic carbocycles. The minimum Gasteiger partial charge on any atom is -0.467 e. The third-order valence-electron chi connectivity index (χ3n) is 3.95. The highest BCUT2D eigenvalue weighted by Crippen LogP contribution is 2.41. The number of fused-ring (bicyclic) bond motifs is 1. The smallest absolute Gasteiger partial charge is 0.334 e. The number of alkyl halides is 1. The fourth-order valence-corrected chi connectivity index (χ4v) is 3.66. The van der Waals surface area contributed by atoms with Gasteiger partial charge in [0.1, 0.15) is 5.41 Å². The molecule has 1 fully saturated rings. The zero-order valence-electron chi connectivity index (χ0n) is 11.5. The summed E-state index contributed by atoms with van der Waals surface area (Å²) in [6, 6.07) is -0.840. The van der Waals surface area contributed by atoms with E-state index in [4.69, 9.17) is 4.74 Å². The second-order valence-corrected chi connectivity index (χ2v) is 5.89. The first-order valence-electron chi connectivity index (χ1n) is 6.49. The number of nitrogens with zero attached hydrogens (tertiary/aromatic N) is 2. The molecule has 2 heterocycles. The van der Waals surface area contributed by atoms with Crippen molar-refractivity contribution < 1.29 is 19.1 Å². The van der Waals surface area contributed by atoms with Crippen molar-refractivity contribution in [1.82, 2.24) is 10.0 Å². The van der Waals surface area contributed by atoms with Gasteiger partial charge in [-0.05, 0) is 12.8 Å². The van der Waals surface area contributed by atoms with Gasteiger partial charge in [0.2, 0.25) is 0 Å². The quantitative estimate of drug-likeness (QED) is 0.235. The average molecular weight is 392 g/mol. The lowest BCUT2D eigenvalue weighted by Crippen LogP contribution is -2.52. The Labute approximate surface area is 131 Å². The highest BCUT2D eigenvalue weighted by Gasteiger charge is 2.59. The SMILES string of the molecule is CCC1(CCI)C(=O)N2CC=CC(C(=O)OC)N2C1=O. The van der Waals surface area contributed by atoms with Crippen LogP contribution in [-0.2, 0) is 19.1 Å². The summed E-state index contributed by atoms with van der Waals surface area (Å²) < 4.78 is 5.43. The largest absolute Gasteiger partial charge is 0.467 e. The molecule has 0 N–H and O–H groups in total. The minimum atomic E-state index is -1.03. The van der Waals surface area contributed by atoms with E-state index >= 15 is 0 Å². The van der Waals surface area contributed by atoms with Gasteiger partial charge in [0.05, 0.1) is 13.7 Å². The summed E-state index contributed by atoms with van der Waals surface area (Å²) >= 11 is 2.16. The van der Waals surface area contributed by atoms with Crippen molar-refractivity contribution in [3.63, 3.8) is 0 Å². The van der Waals surface area contributed by atoms with Crippen LogP contribution in [0, 0.1) is 5.41 Å². The minimum absolute atomic E-state index is 0.208. The van der Waals surface area contributed by atoms with Crippen molar-refractivity contribution in [3.05, 3.63) is 12.2 Å². The van der Waals surface area contributed by atoms with Crippen molar-refractivity contribution in [2.45, 2.75) is 25.8 Å². The van der Waals surface area contributed by atoms with E-state index in [1.165, 1.54) is 17.1 Å². The van der Waals surface area contributed by atoms with Crippen LogP contribution >= 0.6 is 22.6 Å². The van der Waals surface area contributed by atoms with E-state index in [2.05, 4.69) is 22.6 Å². The van der Waals surface area contributed by atoms with Crippen LogP contribution in [-0.4, -0.2) is 51.9 Å². The van der Waals surface area contributed by atoms with Crippen LogP contribution in [0.5, 0.6) is 0 Å². The number of ether oxygens (including phenoxy) is 1. The van der Waals surface area contributed by atoms with E-state index < -0.39 is 17.4 Å². The fourth-order valence-electron chi connectivity index (χ4n) is 2.74. The maximum atomic E-state index is 12.7. The van der Waals surface area contributed by atoms with E-state index in [0.29, 0.717) is 23.8 Å². The maximum absolute atomic E-state index is 12.7. The van der Waals surface area contributed by atoms with Crippen LogP contribution in [0.3, 0.4) is 0 Å². The van der Waals surface area contributed by atoms with Gasteiger partial charge in [-0.3, -0.25) is 9.59 Å². The number of hydrogen-bond acceptors (Lipinski definition) is 4. The van der Waals surface area contributed by atoms with Crippen molar-refractivity contribution >= 4 is 40.4 Å². The molecule has 2 atom stereocenters. The van der Waals surface area contributed by atoms with Gasteiger partial charge < -0.3 is 4.74 Å². The standard InChI is InChI=1S/C13H17IN2O4/c1-3-13(6-7-14)11(18)15-8-4-5-9(10(17)20-2)16(15)12(13)19/h4-5,9H,3,6-8H2,1-2H3. The molecule has 0 saturated carbocycles. The lowest BCUT2D eigenvalue weighted by Gasteiger charge is -2.33. The lowest BCUT2D eigenvalue weighted by atomic mass is 9.81. The summed E-state index contributed by atoms with van der Waals surface area (Å²) in [7, 11) is 1.27. The molecule has 2 aliphatic heterocycles. The Hall–Kier alpha value is -1.12. The number of carbonyl (C=O) groups excluding carboxylic acids is 3. The number of esters is 1. The van der Waals surface area contributed by atoms with Crippen LogP contribution in [0.15, 0.2) is 12.2 Å². The molecule has 0 aromatic heterocycles. The van der Waals surface area contributed by atoms with Crippen molar-refractivity contribution in [2.24, 2.45) is 5.41 Å². The van der Waals surface area contributed by atoms with Crippen LogP contribution in [0.4, 0.5) is 0 Å². The summed E-state index contributed by atoms with van der Waals surface area (Å²) in [6.07, 6.45) is 4.26. The number of amides is 2. The Morgan fingerprint density at radius 2 is 2.20 bits per heavy atom. The molecule has 0 aromatic carbocycles. The molecule has 2 amide bonds. The Kier molecular flexibility index (Phi) is 4.36. The normalized spacial score (nSPS) is 28.9. The second kappa shape index (κ2) is 5.71. The number of hydrogen-bond donors (Lipinski definition) is 0. The fraction of sp³-hybridized carbons (Fsp3) is 0.615. The zero-order chi connectivity index (χ0) is 14.9. The number of hydrazine groups is 1. The van der Waals surface area contributed by atoms with Gasteiger partial charge in [-0.15, -0.1) is 0 Å². The summed E-state index contributed by atoms with van der Waals surface area (Å²) in [5, 5.41) is 2.64. The van der Waals surface area contributed by atoms with Crippen LogP contribution in [0.1, 0.15) is 19.8 Å². The van der Waals surface area contributed by atoms with Gasteiger partial charge in [-0.25, -0.2) is 14.8 Å². The molecule has 110 valence electrons. The van der Waals surface area contributed by atoms with E-state index in [1.807, 2.05) is 6.92 Å². The predicted octanol–water partition coefficient (Wildman–Crippen LogP) is 0.905. The first kappa shape index (κ1) is 15.3. The van der Waals surface area contributed by atoms with Gasteiger partial charge in [0, 0.05) is 4.43 Å². The molecule has 0 spiro atoms. The second-order valence-electron chi connectivity index (χ2n) is 4.81. The average Bonchev–Trinajstić information content (AvgIpc) is 2.69. The predicted molar refractivity (Wildman–Crippen MR) is 79.7 cm³/mol. The van der Waals surface area contributed by atoms with Crippen LogP contribution in [0.25, 0.3) is 0 Å². The summed E-state index contributed by atoms with van der Waals surface area (Å²) in [6.45, 7) is 2.16. The molecular formula is C13H17IN2O4. The highest BCUT2D eigenvalue weighted by atomic mass is 127.